The van der Waals surface area contributed by atoms with Crippen LogP contribution in [-0.2, 0) is 9.84 Å². The Morgan fingerprint density at radius 3 is 2.33 bits per heavy atom. The Kier molecular flexibility index (Phi) is 6.08. The Bertz CT molecular complexity index is 335. The molecule has 1 rings (SSSR count). The van der Waals surface area contributed by atoms with Crippen LogP contribution < -0.4 is 11.3 Å². The Hall–Kier alpha value is -0.130. The van der Waals surface area contributed by atoms with E-state index in [1.165, 1.54) is 25.7 Å². The van der Waals surface area contributed by atoms with Gasteiger partial charge < -0.3 is 0 Å². The topological polar surface area (TPSA) is 72.2 Å². The van der Waals surface area contributed by atoms with Gasteiger partial charge in [0.15, 0.2) is 0 Å². The molecule has 0 saturated heterocycles. The average molecular weight is 276 g/mol. The first-order chi connectivity index (χ1) is 8.49. The second kappa shape index (κ2) is 6.87. The molecule has 0 spiro atoms. The maximum atomic E-state index is 11.5. The normalized spacial score (nSPS) is 21.1. The third-order valence-electron chi connectivity index (χ3n) is 4.63. The van der Waals surface area contributed by atoms with E-state index < -0.39 is 9.84 Å². The summed E-state index contributed by atoms with van der Waals surface area (Å²) < 4.78 is 23.0. The fraction of sp³-hybridized carbons (Fsp3) is 1.00. The maximum Gasteiger partial charge on any atom is 0.150 e. The summed E-state index contributed by atoms with van der Waals surface area (Å²) in [6.07, 6.45) is 7.70. The zero-order valence-corrected chi connectivity index (χ0v) is 12.6. The number of hydrogen-bond donors (Lipinski definition) is 2. The van der Waals surface area contributed by atoms with Gasteiger partial charge in [0.05, 0.1) is 5.75 Å². The highest BCUT2D eigenvalue weighted by molar-refractivity contribution is 7.91. The second-order valence-corrected chi connectivity index (χ2v) is 7.99. The van der Waals surface area contributed by atoms with Crippen LogP contribution in [0.1, 0.15) is 58.8 Å². The fourth-order valence-electron chi connectivity index (χ4n) is 3.25. The quantitative estimate of drug-likeness (QED) is 0.525. The monoisotopic (exact) mass is 276 g/mol. The minimum absolute atomic E-state index is 0.243. The summed E-state index contributed by atoms with van der Waals surface area (Å²) in [5.74, 6) is 6.23. The fourth-order valence-corrected chi connectivity index (χ4v) is 4.14. The molecule has 0 bridgehead atoms. The van der Waals surface area contributed by atoms with Gasteiger partial charge in [0.1, 0.15) is 9.84 Å². The van der Waals surface area contributed by atoms with E-state index in [9.17, 15) is 8.42 Å². The summed E-state index contributed by atoms with van der Waals surface area (Å²) in [5, 5.41) is 0. The van der Waals surface area contributed by atoms with Crippen molar-refractivity contribution in [2.24, 2.45) is 11.3 Å². The van der Waals surface area contributed by atoms with E-state index in [-0.39, 0.29) is 11.8 Å². The molecule has 1 aliphatic carbocycles. The summed E-state index contributed by atoms with van der Waals surface area (Å²) in [4.78, 5) is 0. The Balaban J connectivity index is 2.51. The molecule has 0 radical (unpaired) electrons. The van der Waals surface area contributed by atoms with Gasteiger partial charge in [-0.05, 0) is 37.5 Å². The number of nitrogens with two attached hydrogens (primary N) is 1. The van der Waals surface area contributed by atoms with Crippen molar-refractivity contribution in [1.29, 1.82) is 0 Å². The number of rotatable bonds is 8. The first kappa shape index (κ1) is 15.9. The van der Waals surface area contributed by atoms with E-state index >= 15 is 0 Å². The summed E-state index contributed by atoms with van der Waals surface area (Å²) in [7, 11) is -2.84. The van der Waals surface area contributed by atoms with Crippen LogP contribution in [0.25, 0.3) is 0 Å². The van der Waals surface area contributed by atoms with E-state index in [1.807, 2.05) is 0 Å². The minimum Gasteiger partial charge on any atom is -0.271 e. The van der Waals surface area contributed by atoms with E-state index in [4.69, 9.17) is 5.84 Å². The molecule has 1 saturated carbocycles. The Labute approximate surface area is 112 Å². The van der Waals surface area contributed by atoms with Gasteiger partial charge in [-0.3, -0.25) is 11.3 Å². The molecule has 108 valence electrons. The molecule has 1 fully saturated rings. The third-order valence-corrected chi connectivity index (χ3v) is 6.42. The molecule has 0 amide bonds. The van der Waals surface area contributed by atoms with E-state index in [0.29, 0.717) is 17.6 Å². The van der Waals surface area contributed by atoms with E-state index in [1.54, 1.807) is 6.92 Å². The molecule has 0 aromatic carbocycles. The van der Waals surface area contributed by atoms with E-state index in [0.717, 1.165) is 12.8 Å². The maximum absolute atomic E-state index is 11.5. The highest BCUT2D eigenvalue weighted by Gasteiger charge is 2.38. The van der Waals surface area contributed by atoms with Crippen LogP contribution in [0, 0.1) is 5.41 Å². The second-order valence-electron chi connectivity index (χ2n) is 5.52. The van der Waals surface area contributed by atoms with Crippen molar-refractivity contribution in [3.8, 4) is 0 Å². The van der Waals surface area contributed by atoms with Crippen LogP contribution in [0.15, 0.2) is 0 Å². The minimum atomic E-state index is -2.84. The van der Waals surface area contributed by atoms with Crippen LogP contribution in [0.2, 0.25) is 0 Å². The molecule has 5 heteroatoms. The zero-order valence-electron chi connectivity index (χ0n) is 11.7. The molecule has 1 unspecified atom stereocenters. The summed E-state index contributed by atoms with van der Waals surface area (Å²) in [6.45, 7) is 3.93. The molecule has 0 heterocycles. The van der Waals surface area contributed by atoms with Gasteiger partial charge in [-0.25, -0.2) is 8.42 Å². The predicted molar refractivity (Wildman–Crippen MR) is 75.9 cm³/mol. The van der Waals surface area contributed by atoms with Gasteiger partial charge in [0, 0.05) is 11.8 Å². The lowest BCUT2D eigenvalue weighted by atomic mass is 9.75. The first-order valence-corrected chi connectivity index (χ1v) is 8.98. The Morgan fingerprint density at radius 1 is 1.28 bits per heavy atom. The molecule has 1 atom stereocenters. The van der Waals surface area contributed by atoms with Crippen LogP contribution in [-0.4, -0.2) is 26.0 Å². The number of hydrazine groups is 1. The van der Waals surface area contributed by atoms with Crippen LogP contribution in [0.5, 0.6) is 0 Å². The summed E-state index contributed by atoms with van der Waals surface area (Å²) >= 11 is 0. The van der Waals surface area contributed by atoms with Crippen molar-refractivity contribution in [3.63, 3.8) is 0 Å². The van der Waals surface area contributed by atoms with Crippen molar-refractivity contribution >= 4 is 9.84 Å². The van der Waals surface area contributed by atoms with Gasteiger partial charge in [0.25, 0.3) is 0 Å². The van der Waals surface area contributed by atoms with E-state index in [2.05, 4.69) is 12.3 Å². The van der Waals surface area contributed by atoms with Crippen LogP contribution in [0.4, 0.5) is 0 Å². The molecule has 3 N–H and O–H groups in total. The summed E-state index contributed by atoms with van der Waals surface area (Å²) in [6, 6.07) is 0.261. The molecule has 0 aromatic heterocycles. The van der Waals surface area contributed by atoms with Crippen molar-refractivity contribution in [2.75, 3.05) is 11.5 Å². The summed E-state index contributed by atoms with van der Waals surface area (Å²) in [5.41, 5.74) is 3.24. The lowest BCUT2D eigenvalue weighted by molar-refractivity contribution is 0.176. The van der Waals surface area contributed by atoms with Crippen molar-refractivity contribution < 1.29 is 8.42 Å². The van der Waals surface area contributed by atoms with Gasteiger partial charge >= 0.3 is 0 Å². The van der Waals surface area contributed by atoms with Crippen LogP contribution in [0.3, 0.4) is 0 Å². The number of hydrogen-bond acceptors (Lipinski definition) is 4. The third kappa shape index (κ3) is 3.93. The molecule has 4 nitrogen and oxygen atoms in total. The van der Waals surface area contributed by atoms with Crippen molar-refractivity contribution in [2.45, 2.75) is 64.8 Å². The Morgan fingerprint density at radius 2 is 1.89 bits per heavy atom. The largest absolute Gasteiger partial charge is 0.271 e. The molecule has 0 aliphatic heterocycles. The van der Waals surface area contributed by atoms with Crippen molar-refractivity contribution in [3.05, 3.63) is 0 Å². The smallest absolute Gasteiger partial charge is 0.150 e. The predicted octanol–water partition coefficient (Wildman–Crippen LogP) is 2.00. The number of nitrogens with one attached hydrogen (secondary N) is 1. The highest BCUT2D eigenvalue weighted by Crippen LogP contribution is 2.44. The number of sulfone groups is 1. The van der Waals surface area contributed by atoms with Gasteiger partial charge in [0.2, 0.25) is 0 Å². The first-order valence-electron chi connectivity index (χ1n) is 7.16. The molecule has 0 aromatic rings. The lowest BCUT2D eigenvalue weighted by Crippen LogP contribution is -2.47. The van der Waals surface area contributed by atoms with Crippen molar-refractivity contribution in [1.82, 2.24) is 5.43 Å². The highest BCUT2D eigenvalue weighted by atomic mass is 32.2. The van der Waals surface area contributed by atoms with Crippen LogP contribution >= 0.6 is 0 Å². The lowest BCUT2D eigenvalue weighted by Gasteiger charge is -2.36. The molecule has 1 aliphatic rings. The van der Waals surface area contributed by atoms with Gasteiger partial charge in [-0.15, -0.1) is 0 Å². The molecular weight excluding hydrogens is 248 g/mol. The standard InChI is InChI=1S/C13H28N2O2S/c1-3-13(9-5-6-10-13)12(15-14)8-7-11-18(16,17)4-2/h12,15H,3-11,14H2,1-2H3. The molecular formula is C13H28N2O2S. The zero-order chi connectivity index (χ0) is 13.6. The molecule has 18 heavy (non-hydrogen) atoms. The SMILES string of the molecule is CCC1(C(CCCS(=O)(=O)CC)NN)CCCC1. The van der Waals surface area contributed by atoms with Gasteiger partial charge in [-0.2, -0.15) is 0 Å². The average Bonchev–Trinajstić information content (AvgIpc) is 2.84. The van der Waals surface area contributed by atoms with Gasteiger partial charge in [-0.1, -0.05) is 26.7 Å².